The van der Waals surface area contributed by atoms with Gasteiger partial charge in [0, 0.05) is 32.3 Å². The number of nitrogens with zero attached hydrogens (tertiary/aromatic N) is 4. The summed E-state index contributed by atoms with van der Waals surface area (Å²) in [4.78, 5) is 4.29. The summed E-state index contributed by atoms with van der Waals surface area (Å²) in [5, 5.41) is 15.2. The van der Waals surface area contributed by atoms with Crippen LogP contribution in [0.25, 0.3) is 5.65 Å². The number of nitrogens with one attached hydrogen (secondary N) is 2. The lowest BCUT2D eigenvalue weighted by molar-refractivity contribution is 0.489. The van der Waals surface area contributed by atoms with Crippen molar-refractivity contribution in [2.45, 2.75) is 46.1 Å². The van der Waals surface area contributed by atoms with E-state index in [2.05, 4.69) is 46.6 Å². The molecule has 2 rings (SSSR count). The number of halogens is 1. The molecule has 1 unspecified atom stereocenters. The predicted octanol–water partition coefficient (Wildman–Crippen LogP) is 2.88. The van der Waals surface area contributed by atoms with Crippen LogP contribution < -0.4 is 10.6 Å². The zero-order valence-corrected chi connectivity index (χ0v) is 17.3. The molecule has 0 fully saturated rings. The lowest BCUT2D eigenvalue weighted by atomic mass is 10.0. The Morgan fingerprint density at radius 2 is 2.00 bits per heavy atom. The van der Waals surface area contributed by atoms with Crippen LogP contribution in [0.3, 0.4) is 0 Å². The summed E-state index contributed by atoms with van der Waals surface area (Å²) in [6.45, 7) is 7.47. The fraction of sp³-hybridized carbons (Fsp3) is 0.588. The first-order valence-electron chi connectivity index (χ1n) is 8.36. The molecule has 2 aromatic rings. The highest BCUT2D eigenvalue weighted by molar-refractivity contribution is 14.0. The van der Waals surface area contributed by atoms with Crippen molar-refractivity contribution >= 4 is 35.6 Å². The van der Waals surface area contributed by atoms with E-state index >= 15 is 0 Å². The standard InChI is InChI=1S/C17H28N6.HI/c1-13(2)8-9-14(3)20-17(18-4)19-11-10-16-22-21-15-7-5-6-12-23(15)16;/h5-7,12-14H,8-11H2,1-4H3,(H2,18,19,20);1H. The molecule has 0 aliphatic carbocycles. The van der Waals surface area contributed by atoms with Gasteiger partial charge in [0.05, 0.1) is 0 Å². The molecule has 1 atom stereocenters. The van der Waals surface area contributed by atoms with Crippen LogP contribution >= 0.6 is 24.0 Å². The van der Waals surface area contributed by atoms with Gasteiger partial charge in [-0.15, -0.1) is 34.2 Å². The lowest BCUT2D eigenvalue weighted by Gasteiger charge is -2.18. The molecule has 0 bridgehead atoms. The molecule has 0 saturated heterocycles. The number of hydrogen-bond acceptors (Lipinski definition) is 3. The van der Waals surface area contributed by atoms with Crippen molar-refractivity contribution in [2.24, 2.45) is 10.9 Å². The molecule has 0 aliphatic rings. The van der Waals surface area contributed by atoms with Crippen molar-refractivity contribution in [3.05, 3.63) is 30.2 Å². The van der Waals surface area contributed by atoms with E-state index in [4.69, 9.17) is 0 Å². The van der Waals surface area contributed by atoms with E-state index in [1.165, 1.54) is 6.42 Å². The topological polar surface area (TPSA) is 66.6 Å². The van der Waals surface area contributed by atoms with E-state index in [9.17, 15) is 0 Å². The summed E-state index contributed by atoms with van der Waals surface area (Å²) in [6.07, 6.45) is 5.15. The Bertz CT molecular complexity index is 637. The molecule has 2 heterocycles. The largest absolute Gasteiger partial charge is 0.356 e. The lowest BCUT2D eigenvalue weighted by Crippen LogP contribution is -2.43. The molecule has 0 spiro atoms. The van der Waals surface area contributed by atoms with Gasteiger partial charge in [-0.05, 0) is 37.8 Å². The number of rotatable bonds is 7. The van der Waals surface area contributed by atoms with Crippen LogP contribution in [0.5, 0.6) is 0 Å². The summed E-state index contributed by atoms with van der Waals surface area (Å²) in [6, 6.07) is 6.33. The van der Waals surface area contributed by atoms with Crippen molar-refractivity contribution in [1.29, 1.82) is 0 Å². The Labute approximate surface area is 161 Å². The van der Waals surface area contributed by atoms with Crippen molar-refractivity contribution < 1.29 is 0 Å². The highest BCUT2D eigenvalue weighted by Gasteiger charge is 2.08. The Balaban J connectivity index is 0.00000288. The molecule has 0 aliphatic heterocycles. The third-order valence-electron chi connectivity index (χ3n) is 3.81. The molecule has 0 saturated carbocycles. The number of aliphatic imine (C=N–C) groups is 1. The van der Waals surface area contributed by atoms with Gasteiger partial charge in [-0.1, -0.05) is 19.9 Å². The maximum Gasteiger partial charge on any atom is 0.191 e. The molecular weight excluding hydrogens is 415 g/mol. The maximum atomic E-state index is 4.29. The highest BCUT2D eigenvalue weighted by atomic mass is 127. The van der Waals surface area contributed by atoms with Crippen molar-refractivity contribution in [3.63, 3.8) is 0 Å². The Morgan fingerprint density at radius 3 is 2.71 bits per heavy atom. The van der Waals surface area contributed by atoms with Crippen molar-refractivity contribution in [2.75, 3.05) is 13.6 Å². The second-order valence-electron chi connectivity index (χ2n) is 6.31. The first-order chi connectivity index (χ1) is 11.1. The monoisotopic (exact) mass is 444 g/mol. The van der Waals surface area contributed by atoms with Crippen molar-refractivity contribution in [1.82, 2.24) is 25.2 Å². The van der Waals surface area contributed by atoms with Crippen LogP contribution in [0.15, 0.2) is 29.4 Å². The number of fused-ring (bicyclic) bond motifs is 1. The normalized spacial score (nSPS) is 13.0. The zero-order chi connectivity index (χ0) is 16.7. The number of aromatic nitrogens is 3. The summed E-state index contributed by atoms with van der Waals surface area (Å²) >= 11 is 0. The minimum atomic E-state index is 0. The van der Waals surface area contributed by atoms with Gasteiger partial charge >= 0.3 is 0 Å². The van der Waals surface area contributed by atoms with Gasteiger partial charge in [0.1, 0.15) is 5.82 Å². The van der Waals surface area contributed by atoms with Crippen LogP contribution in [0.2, 0.25) is 0 Å². The molecule has 0 amide bonds. The molecule has 7 heteroatoms. The van der Waals surface area contributed by atoms with E-state index in [-0.39, 0.29) is 24.0 Å². The number of hydrogen-bond donors (Lipinski definition) is 2. The number of guanidine groups is 1. The minimum absolute atomic E-state index is 0. The Morgan fingerprint density at radius 1 is 1.21 bits per heavy atom. The van der Waals surface area contributed by atoms with Crippen LogP contribution in [0.1, 0.15) is 39.4 Å². The van der Waals surface area contributed by atoms with Gasteiger partial charge in [0.25, 0.3) is 0 Å². The minimum Gasteiger partial charge on any atom is -0.356 e. The summed E-state index contributed by atoms with van der Waals surface area (Å²) in [7, 11) is 1.80. The van der Waals surface area contributed by atoms with Crippen LogP contribution in [0.4, 0.5) is 0 Å². The molecule has 6 nitrogen and oxygen atoms in total. The van der Waals surface area contributed by atoms with Crippen LogP contribution in [-0.2, 0) is 6.42 Å². The second kappa shape index (κ2) is 10.5. The quantitative estimate of drug-likeness (QED) is 0.392. The number of pyridine rings is 1. The average Bonchev–Trinajstić information content (AvgIpc) is 2.95. The van der Waals surface area contributed by atoms with Crippen LogP contribution in [-0.4, -0.2) is 40.2 Å². The second-order valence-corrected chi connectivity index (χ2v) is 6.31. The molecule has 0 aromatic carbocycles. The predicted molar refractivity (Wildman–Crippen MR) is 110 cm³/mol. The van der Waals surface area contributed by atoms with Gasteiger partial charge in [-0.25, -0.2) is 0 Å². The van der Waals surface area contributed by atoms with Gasteiger partial charge in [0.15, 0.2) is 11.6 Å². The molecule has 134 valence electrons. The zero-order valence-electron chi connectivity index (χ0n) is 15.0. The molecule has 24 heavy (non-hydrogen) atoms. The van der Waals surface area contributed by atoms with E-state index in [1.807, 2.05) is 28.8 Å². The van der Waals surface area contributed by atoms with Gasteiger partial charge in [-0.3, -0.25) is 9.39 Å². The SMILES string of the molecule is CN=C(NCCc1nnc2ccccn12)NC(C)CCC(C)C.I. The molecule has 0 radical (unpaired) electrons. The first-order valence-corrected chi connectivity index (χ1v) is 8.36. The molecular formula is C17H29IN6. The first kappa shape index (κ1) is 20.7. The summed E-state index contributed by atoms with van der Waals surface area (Å²) in [5.41, 5.74) is 0.882. The molecule has 2 aromatic heterocycles. The van der Waals surface area contributed by atoms with Gasteiger partial charge in [0.2, 0.25) is 0 Å². The van der Waals surface area contributed by atoms with Gasteiger partial charge in [-0.2, -0.15) is 0 Å². The Kier molecular flexibility index (Phi) is 9.02. The summed E-state index contributed by atoms with van der Waals surface area (Å²) in [5.74, 6) is 2.53. The smallest absolute Gasteiger partial charge is 0.191 e. The average molecular weight is 444 g/mol. The fourth-order valence-electron chi connectivity index (χ4n) is 2.44. The summed E-state index contributed by atoms with van der Waals surface area (Å²) < 4.78 is 2.02. The third-order valence-corrected chi connectivity index (χ3v) is 3.81. The molecule has 2 N–H and O–H groups in total. The van der Waals surface area contributed by atoms with Gasteiger partial charge < -0.3 is 10.6 Å². The van der Waals surface area contributed by atoms with E-state index in [0.717, 1.165) is 42.7 Å². The third kappa shape index (κ3) is 6.26. The van der Waals surface area contributed by atoms with Crippen molar-refractivity contribution in [3.8, 4) is 0 Å². The highest BCUT2D eigenvalue weighted by Crippen LogP contribution is 2.06. The van der Waals surface area contributed by atoms with Crippen LogP contribution in [0, 0.1) is 5.92 Å². The fourth-order valence-corrected chi connectivity index (χ4v) is 2.44. The Hall–Kier alpha value is -1.38. The maximum absolute atomic E-state index is 4.29. The van der Waals surface area contributed by atoms with E-state index in [1.54, 1.807) is 7.05 Å². The van der Waals surface area contributed by atoms with E-state index < -0.39 is 0 Å². The van der Waals surface area contributed by atoms with E-state index in [0.29, 0.717) is 6.04 Å².